The molecule has 1 amide bonds. The number of hydrogen-bond acceptors (Lipinski definition) is 4. The Bertz CT molecular complexity index is 1210. The highest BCUT2D eigenvalue weighted by Gasteiger charge is 2.32. The summed E-state index contributed by atoms with van der Waals surface area (Å²) >= 11 is 0. The van der Waals surface area contributed by atoms with Gasteiger partial charge < -0.3 is 14.8 Å². The average Bonchev–Trinajstić information content (AvgIpc) is 3.41. The van der Waals surface area contributed by atoms with Crippen LogP contribution in [0.5, 0.6) is 0 Å². The number of likely N-dealkylation sites (N-methyl/N-ethyl adjacent to an activating group) is 1. The molecule has 1 unspecified atom stereocenters. The normalized spacial score (nSPS) is 17.4. The Morgan fingerprint density at radius 1 is 1.10 bits per heavy atom. The molecule has 0 aliphatic carbocycles. The maximum absolute atomic E-state index is 13.1. The lowest BCUT2D eigenvalue weighted by Gasteiger charge is -2.39. The minimum atomic E-state index is -0.0918. The zero-order chi connectivity index (χ0) is 21.4. The molecule has 1 atom stereocenters. The van der Waals surface area contributed by atoms with Crippen LogP contribution in [0.15, 0.2) is 60.9 Å². The number of aromatic amines is 1. The van der Waals surface area contributed by atoms with Crippen molar-refractivity contribution in [2.45, 2.75) is 12.5 Å². The van der Waals surface area contributed by atoms with Crippen molar-refractivity contribution in [3.63, 3.8) is 0 Å². The van der Waals surface area contributed by atoms with Crippen LogP contribution in [0.4, 0.5) is 0 Å². The zero-order valence-corrected chi connectivity index (χ0v) is 17.8. The molecule has 2 aromatic heterocycles. The fraction of sp³-hybridized carbons (Fsp3) is 0.292. The smallest absolute Gasteiger partial charge is 0.227 e. The van der Waals surface area contributed by atoms with Crippen molar-refractivity contribution in [2.75, 3.05) is 26.7 Å². The molecule has 1 aliphatic heterocycles. The van der Waals surface area contributed by atoms with Gasteiger partial charge in [-0.3, -0.25) is 9.48 Å². The Hall–Kier alpha value is -3.45. The summed E-state index contributed by atoms with van der Waals surface area (Å²) in [7, 11) is 4.03. The topological polar surface area (TPSA) is 70.0 Å². The first-order chi connectivity index (χ1) is 15.1. The molecule has 31 heavy (non-hydrogen) atoms. The number of nitrogens with one attached hydrogen (secondary N) is 1. The maximum Gasteiger partial charge on any atom is 0.227 e. The molecule has 0 radical (unpaired) electrons. The van der Waals surface area contributed by atoms with Gasteiger partial charge in [-0.25, -0.2) is 4.98 Å². The molecule has 0 bridgehead atoms. The number of rotatable bonds is 4. The van der Waals surface area contributed by atoms with Crippen LogP contribution in [0.1, 0.15) is 17.4 Å². The molecule has 0 spiro atoms. The van der Waals surface area contributed by atoms with E-state index in [1.54, 1.807) is 0 Å². The third-order valence-corrected chi connectivity index (χ3v) is 6.07. The number of amides is 1. The van der Waals surface area contributed by atoms with Crippen molar-refractivity contribution in [3.8, 4) is 11.3 Å². The van der Waals surface area contributed by atoms with Gasteiger partial charge in [0.25, 0.3) is 0 Å². The number of aromatic nitrogens is 4. The lowest BCUT2D eigenvalue weighted by atomic mass is 10.1. The van der Waals surface area contributed by atoms with Gasteiger partial charge >= 0.3 is 0 Å². The fourth-order valence-electron chi connectivity index (χ4n) is 4.31. The summed E-state index contributed by atoms with van der Waals surface area (Å²) in [5.74, 6) is 0.966. The molecule has 1 aliphatic rings. The first kappa shape index (κ1) is 19.5. The van der Waals surface area contributed by atoms with Gasteiger partial charge in [0.2, 0.25) is 5.91 Å². The predicted octanol–water partition coefficient (Wildman–Crippen LogP) is 3.02. The number of aryl methyl sites for hydroxylation is 1. The van der Waals surface area contributed by atoms with Crippen molar-refractivity contribution in [1.29, 1.82) is 0 Å². The number of fused-ring (bicyclic) bond motifs is 1. The van der Waals surface area contributed by atoms with Crippen molar-refractivity contribution in [3.05, 3.63) is 72.3 Å². The van der Waals surface area contributed by atoms with Crippen molar-refractivity contribution < 1.29 is 4.79 Å². The van der Waals surface area contributed by atoms with Gasteiger partial charge in [0, 0.05) is 37.6 Å². The summed E-state index contributed by atoms with van der Waals surface area (Å²) in [6, 6.07) is 16.1. The first-order valence-corrected chi connectivity index (χ1v) is 10.6. The summed E-state index contributed by atoms with van der Waals surface area (Å²) in [6.45, 7) is 2.32. The Labute approximate surface area is 181 Å². The second-order valence-electron chi connectivity index (χ2n) is 8.25. The number of H-pyrrole nitrogens is 1. The van der Waals surface area contributed by atoms with E-state index in [1.807, 2.05) is 59.4 Å². The van der Waals surface area contributed by atoms with Gasteiger partial charge in [-0.2, -0.15) is 5.10 Å². The fourth-order valence-corrected chi connectivity index (χ4v) is 4.31. The largest absolute Gasteiger partial charge is 0.340 e. The van der Waals surface area contributed by atoms with Crippen LogP contribution in [0.2, 0.25) is 0 Å². The summed E-state index contributed by atoms with van der Waals surface area (Å²) < 4.78 is 1.87. The van der Waals surface area contributed by atoms with E-state index in [0.717, 1.165) is 46.6 Å². The quantitative estimate of drug-likeness (QED) is 0.557. The lowest BCUT2D eigenvalue weighted by molar-refractivity contribution is -0.135. The van der Waals surface area contributed by atoms with Crippen molar-refractivity contribution in [1.82, 2.24) is 29.5 Å². The molecule has 0 saturated carbocycles. The van der Waals surface area contributed by atoms with Crippen LogP contribution < -0.4 is 0 Å². The van der Waals surface area contributed by atoms with Crippen LogP contribution in [0.3, 0.4) is 0 Å². The molecule has 158 valence electrons. The van der Waals surface area contributed by atoms with Crippen LogP contribution in [-0.2, 0) is 18.3 Å². The number of imidazole rings is 1. The zero-order valence-electron chi connectivity index (χ0n) is 17.8. The Kier molecular flexibility index (Phi) is 5.03. The molecular weight excluding hydrogens is 388 g/mol. The number of carbonyl (C=O) groups excluding carboxylic acids is 1. The average molecular weight is 415 g/mol. The van der Waals surface area contributed by atoms with E-state index < -0.39 is 0 Å². The van der Waals surface area contributed by atoms with E-state index in [9.17, 15) is 4.79 Å². The third-order valence-electron chi connectivity index (χ3n) is 6.07. The molecule has 2 aromatic carbocycles. The molecule has 7 heteroatoms. The SMILES string of the molecule is CN1CCN(C(=O)Cc2ccccc2)C(c2ncc(-c3ccc4c(cnn4C)c3)[nH]2)C1. The summed E-state index contributed by atoms with van der Waals surface area (Å²) in [4.78, 5) is 25.5. The summed E-state index contributed by atoms with van der Waals surface area (Å²) in [5.41, 5.74) is 4.14. The van der Waals surface area contributed by atoms with Crippen LogP contribution in [-0.4, -0.2) is 62.1 Å². The van der Waals surface area contributed by atoms with Crippen LogP contribution >= 0.6 is 0 Å². The van der Waals surface area contributed by atoms with Gasteiger partial charge in [0.15, 0.2) is 0 Å². The molecular formula is C24H26N6O. The second kappa shape index (κ2) is 8.00. The standard InChI is InChI=1S/C24H26N6O/c1-28-10-11-30(23(31)12-17-6-4-3-5-7-17)22(16-28)24-25-15-20(27-24)18-8-9-21-19(13-18)14-26-29(21)2/h3-9,13-15,22H,10-12,16H2,1-2H3,(H,25,27). The van der Waals surface area contributed by atoms with Gasteiger partial charge in [-0.05, 0) is 24.7 Å². The third kappa shape index (κ3) is 3.84. The number of benzene rings is 2. The Morgan fingerprint density at radius 2 is 1.94 bits per heavy atom. The minimum absolute atomic E-state index is 0.0918. The summed E-state index contributed by atoms with van der Waals surface area (Å²) in [5, 5.41) is 5.41. The molecule has 7 nitrogen and oxygen atoms in total. The predicted molar refractivity (Wildman–Crippen MR) is 120 cm³/mol. The van der Waals surface area contributed by atoms with E-state index >= 15 is 0 Å². The molecule has 1 saturated heterocycles. The van der Waals surface area contributed by atoms with Crippen LogP contribution in [0.25, 0.3) is 22.2 Å². The van der Waals surface area contributed by atoms with E-state index in [1.165, 1.54) is 0 Å². The molecule has 3 heterocycles. The van der Waals surface area contributed by atoms with Crippen molar-refractivity contribution in [2.24, 2.45) is 7.05 Å². The minimum Gasteiger partial charge on any atom is -0.340 e. The van der Waals surface area contributed by atoms with Gasteiger partial charge in [0.05, 0.1) is 30.0 Å². The summed E-state index contributed by atoms with van der Waals surface area (Å²) in [6.07, 6.45) is 4.14. The molecule has 4 aromatic rings. The van der Waals surface area contributed by atoms with Gasteiger partial charge in [0.1, 0.15) is 11.9 Å². The van der Waals surface area contributed by atoms with Crippen LogP contribution in [0, 0.1) is 0 Å². The van der Waals surface area contributed by atoms with E-state index in [0.29, 0.717) is 13.0 Å². The molecule has 1 N–H and O–H groups in total. The van der Waals surface area contributed by atoms with Gasteiger partial charge in [-0.15, -0.1) is 0 Å². The Morgan fingerprint density at radius 3 is 2.77 bits per heavy atom. The highest BCUT2D eigenvalue weighted by atomic mass is 16.2. The van der Waals surface area contributed by atoms with Crippen molar-refractivity contribution >= 4 is 16.8 Å². The Balaban J connectivity index is 1.41. The maximum atomic E-state index is 13.1. The first-order valence-electron chi connectivity index (χ1n) is 10.6. The number of nitrogens with zero attached hydrogens (tertiary/aromatic N) is 5. The monoisotopic (exact) mass is 414 g/mol. The lowest BCUT2D eigenvalue weighted by Crippen LogP contribution is -2.50. The second-order valence-corrected chi connectivity index (χ2v) is 8.25. The van der Waals surface area contributed by atoms with E-state index in [4.69, 9.17) is 0 Å². The number of piperazine rings is 1. The highest BCUT2D eigenvalue weighted by Crippen LogP contribution is 2.28. The number of carbonyl (C=O) groups is 1. The van der Waals surface area contributed by atoms with E-state index in [2.05, 4.69) is 45.2 Å². The highest BCUT2D eigenvalue weighted by molar-refractivity contribution is 5.84. The van der Waals surface area contributed by atoms with Gasteiger partial charge in [-0.1, -0.05) is 36.4 Å². The molecule has 1 fully saturated rings. The number of hydrogen-bond donors (Lipinski definition) is 1. The van der Waals surface area contributed by atoms with E-state index in [-0.39, 0.29) is 11.9 Å². The molecule has 5 rings (SSSR count).